The molecule has 0 nitrogen and oxygen atoms in total. The van der Waals surface area contributed by atoms with Crippen LogP contribution in [0.25, 0.3) is 0 Å². The van der Waals surface area contributed by atoms with Crippen LogP contribution in [0.5, 0.6) is 0 Å². The largest absolute Gasteiger partial charge is 0.262 e. The maximum atomic E-state index is 2.81. The highest BCUT2D eigenvalue weighted by Gasteiger charge is 2.26. The van der Waals surface area contributed by atoms with E-state index in [9.17, 15) is 0 Å². The Kier molecular flexibility index (Phi) is 38.2. The van der Waals surface area contributed by atoms with Gasteiger partial charge in [-0.25, -0.2) is 0 Å². The zero-order chi connectivity index (χ0) is 29.4. The SMILES string of the molecule is CCCCC(CC)[CH2][Al]([CH2]C(CC)CCCC)[CH2]C(CC)CCCC.CCCCCCCCCCCC[CH2][Al]. The number of hydrogen-bond acceptors (Lipinski definition) is 0. The highest BCUT2D eigenvalue weighted by atomic mass is 27.2. The molecule has 2 radical (unpaired) electrons. The molecule has 39 heavy (non-hydrogen) atoms. The summed E-state index contributed by atoms with van der Waals surface area (Å²) < 4.78 is 0. The molecule has 232 valence electrons. The van der Waals surface area contributed by atoms with Crippen LogP contribution < -0.4 is 0 Å². The molecule has 0 aliphatic rings. The number of hydrogen-bond donors (Lipinski definition) is 0. The van der Waals surface area contributed by atoms with Gasteiger partial charge in [0.1, 0.15) is 16.3 Å². The van der Waals surface area contributed by atoms with E-state index in [4.69, 9.17) is 0 Å². The molecule has 0 rings (SSSR count). The lowest BCUT2D eigenvalue weighted by Crippen LogP contribution is -2.24. The third-order valence-corrected chi connectivity index (χ3v) is 13.8. The number of rotatable bonds is 29. The van der Waals surface area contributed by atoms with E-state index in [1.165, 1.54) is 153 Å². The van der Waals surface area contributed by atoms with E-state index < -0.39 is 14.1 Å². The zero-order valence-electron chi connectivity index (χ0n) is 29.0. The first-order valence-corrected chi connectivity index (χ1v) is 22.0. The first kappa shape index (κ1) is 42.2. The highest BCUT2D eigenvalue weighted by molar-refractivity contribution is 6.59. The summed E-state index contributed by atoms with van der Waals surface area (Å²) in [5.41, 5.74) is 0. The molecule has 0 aliphatic heterocycles. The van der Waals surface area contributed by atoms with Crippen LogP contribution in [0.4, 0.5) is 0 Å². The van der Waals surface area contributed by atoms with E-state index in [1.807, 2.05) is 0 Å². The van der Waals surface area contributed by atoms with Gasteiger partial charge in [-0.15, -0.1) is 5.28 Å². The minimum atomic E-state index is -0.588. The molecule has 0 saturated heterocycles. The molecule has 3 atom stereocenters. The van der Waals surface area contributed by atoms with E-state index in [0.29, 0.717) is 0 Å². The van der Waals surface area contributed by atoms with Crippen molar-refractivity contribution < 1.29 is 0 Å². The Balaban J connectivity index is 0. The van der Waals surface area contributed by atoms with Crippen molar-refractivity contribution in [1.29, 1.82) is 0 Å². The van der Waals surface area contributed by atoms with Crippen molar-refractivity contribution in [3.05, 3.63) is 0 Å². The van der Waals surface area contributed by atoms with Crippen molar-refractivity contribution in [2.45, 2.75) is 217 Å². The van der Waals surface area contributed by atoms with Gasteiger partial charge in [-0.3, -0.25) is 0 Å². The molecule has 0 aromatic heterocycles. The van der Waals surface area contributed by atoms with Gasteiger partial charge in [0.05, 0.1) is 0 Å². The molecule has 0 aliphatic carbocycles. The van der Waals surface area contributed by atoms with Crippen LogP contribution in [-0.2, 0) is 0 Å². The molecule has 0 N–H and O–H groups in total. The lowest BCUT2D eigenvalue weighted by atomic mass is 10.0. The monoisotopic (exact) mass is 577 g/mol. The average molecular weight is 577 g/mol. The lowest BCUT2D eigenvalue weighted by molar-refractivity contribution is 0.453. The quantitative estimate of drug-likeness (QED) is 0.0613. The minimum Gasteiger partial charge on any atom is -0.118 e. The highest BCUT2D eigenvalue weighted by Crippen LogP contribution is 2.31. The van der Waals surface area contributed by atoms with E-state index in [0.717, 1.165) is 17.8 Å². The summed E-state index contributed by atoms with van der Waals surface area (Å²) in [6, 6.07) is 0. The molecule has 0 bridgehead atoms. The molecular formula is C37H78Al2. The van der Waals surface area contributed by atoms with Gasteiger partial charge in [0.15, 0.2) is 0 Å². The van der Waals surface area contributed by atoms with Crippen molar-refractivity contribution in [3.8, 4) is 0 Å². The van der Waals surface area contributed by atoms with E-state index in [2.05, 4.69) is 64.8 Å². The van der Waals surface area contributed by atoms with Crippen molar-refractivity contribution in [2.24, 2.45) is 17.8 Å². The fourth-order valence-electron chi connectivity index (χ4n) is 6.46. The normalized spacial score (nSPS) is 13.5. The van der Waals surface area contributed by atoms with Gasteiger partial charge in [-0.2, -0.15) is 0 Å². The van der Waals surface area contributed by atoms with Gasteiger partial charge < -0.3 is 0 Å². The molecule has 0 saturated carbocycles. The third-order valence-electron chi connectivity index (χ3n) is 9.44. The van der Waals surface area contributed by atoms with Gasteiger partial charge >= 0.3 is 0 Å². The third kappa shape index (κ3) is 30.3. The Morgan fingerprint density at radius 3 is 0.923 bits per heavy atom. The first-order valence-electron chi connectivity index (χ1n) is 18.8. The summed E-state index contributed by atoms with van der Waals surface area (Å²) in [5.74, 6) is 3.14. The Labute approximate surface area is 264 Å². The summed E-state index contributed by atoms with van der Waals surface area (Å²) in [7, 11) is 0. The Morgan fingerprint density at radius 1 is 0.385 bits per heavy atom. The van der Waals surface area contributed by atoms with E-state index >= 15 is 0 Å². The molecule has 0 fully saturated rings. The maximum absolute atomic E-state index is 2.81. The average Bonchev–Trinajstić information content (AvgIpc) is 2.96. The fourth-order valence-corrected chi connectivity index (χ4v) is 11.9. The van der Waals surface area contributed by atoms with Gasteiger partial charge in [-0.1, -0.05) is 230 Å². The predicted molar refractivity (Wildman–Crippen MR) is 187 cm³/mol. The minimum absolute atomic E-state index is 0.588. The standard InChI is InChI=1S/C13H27.3C8H17.2Al/c1-3-5-7-9-11-13-12-10-8-6-4-2;3*1-4-6-7-8(3)5-2;;/h1,3-13H2,2H3;3*8H,3-7H2,1-2H3;;. The molecule has 0 amide bonds. The van der Waals surface area contributed by atoms with Crippen LogP contribution >= 0.6 is 0 Å². The molecule has 0 aromatic carbocycles. The smallest absolute Gasteiger partial charge is 0.118 e. The maximum Gasteiger partial charge on any atom is 0.262 e. The topological polar surface area (TPSA) is 0 Å². The van der Waals surface area contributed by atoms with E-state index in [1.54, 1.807) is 15.8 Å². The molecular weight excluding hydrogens is 498 g/mol. The van der Waals surface area contributed by atoms with Crippen molar-refractivity contribution in [2.75, 3.05) is 0 Å². The lowest BCUT2D eigenvalue weighted by Gasteiger charge is -2.26. The summed E-state index contributed by atoms with van der Waals surface area (Å²) in [6.07, 6.45) is 33.3. The molecule has 0 aromatic rings. The van der Waals surface area contributed by atoms with Gasteiger partial charge in [0, 0.05) is 0 Å². The summed E-state index contributed by atoms with van der Waals surface area (Å²) in [4.78, 5) is 0. The van der Waals surface area contributed by atoms with Crippen molar-refractivity contribution >= 4 is 30.4 Å². The van der Waals surface area contributed by atoms with Crippen molar-refractivity contribution in [3.63, 3.8) is 0 Å². The summed E-state index contributed by atoms with van der Waals surface area (Å²) in [6.45, 7) is 16.7. The Morgan fingerprint density at radius 2 is 0.667 bits per heavy atom. The van der Waals surface area contributed by atoms with Gasteiger partial charge in [0.25, 0.3) is 14.1 Å². The second-order valence-electron chi connectivity index (χ2n) is 13.1. The van der Waals surface area contributed by atoms with Crippen LogP contribution in [0.3, 0.4) is 0 Å². The molecule has 0 spiro atoms. The fraction of sp³-hybridized carbons (Fsp3) is 1.00. The van der Waals surface area contributed by atoms with Crippen LogP contribution in [0, 0.1) is 17.8 Å². The van der Waals surface area contributed by atoms with Crippen molar-refractivity contribution in [1.82, 2.24) is 0 Å². The van der Waals surface area contributed by atoms with Gasteiger partial charge in [-0.05, 0) is 0 Å². The van der Waals surface area contributed by atoms with Crippen LogP contribution in [0.2, 0.25) is 21.1 Å². The number of unbranched alkanes of at least 4 members (excludes halogenated alkanes) is 13. The Bertz CT molecular complexity index is 369. The second-order valence-corrected chi connectivity index (χ2v) is 16.9. The molecule has 0 heterocycles. The van der Waals surface area contributed by atoms with Crippen LogP contribution in [0.15, 0.2) is 0 Å². The zero-order valence-corrected chi connectivity index (χ0v) is 31.3. The predicted octanol–water partition coefficient (Wildman–Crippen LogP) is 14.0. The van der Waals surface area contributed by atoms with Crippen LogP contribution in [-0.4, -0.2) is 30.4 Å². The molecule has 3 unspecified atom stereocenters. The van der Waals surface area contributed by atoms with Gasteiger partial charge in [0.2, 0.25) is 0 Å². The molecule has 2 heteroatoms. The van der Waals surface area contributed by atoms with Crippen LogP contribution in [0.1, 0.15) is 196 Å². The first-order chi connectivity index (χ1) is 19.1. The second kappa shape index (κ2) is 35.3. The summed E-state index contributed by atoms with van der Waals surface area (Å²) >= 11 is 2.22. The van der Waals surface area contributed by atoms with E-state index in [-0.39, 0.29) is 0 Å². The summed E-state index contributed by atoms with van der Waals surface area (Å²) in [5, 5.41) is 6.25. The Hall–Kier alpha value is 1.06.